The lowest BCUT2D eigenvalue weighted by atomic mass is 10.1. The van der Waals surface area contributed by atoms with Gasteiger partial charge in [0.05, 0.1) is 0 Å². The molecule has 3 N–H and O–H groups in total. The fourth-order valence-electron chi connectivity index (χ4n) is 2.04. The van der Waals surface area contributed by atoms with Crippen molar-refractivity contribution in [2.24, 2.45) is 0 Å². The maximum atomic E-state index is 11.9. The van der Waals surface area contributed by atoms with Crippen molar-refractivity contribution in [2.45, 2.75) is 19.9 Å². The summed E-state index contributed by atoms with van der Waals surface area (Å²) in [5.41, 5.74) is 3.90. The lowest BCUT2D eigenvalue weighted by Gasteiger charge is -2.11. The third-order valence-electron chi connectivity index (χ3n) is 3.22. The van der Waals surface area contributed by atoms with E-state index < -0.39 is 0 Å². The Bertz CT molecular complexity index is 594. The van der Waals surface area contributed by atoms with E-state index in [9.17, 15) is 4.79 Å². The summed E-state index contributed by atoms with van der Waals surface area (Å²) in [6.45, 7) is 2.57. The molecule has 0 aliphatic heterocycles. The van der Waals surface area contributed by atoms with E-state index in [2.05, 4.69) is 10.6 Å². The van der Waals surface area contributed by atoms with E-state index in [4.69, 9.17) is 5.11 Å². The molecular formula is C17H20N2O2. The number of aliphatic hydroxyl groups excluding tert-OH is 1. The first-order valence-corrected chi connectivity index (χ1v) is 6.98. The van der Waals surface area contributed by atoms with Gasteiger partial charge in [0.2, 0.25) is 0 Å². The van der Waals surface area contributed by atoms with Gasteiger partial charge in [-0.2, -0.15) is 0 Å². The van der Waals surface area contributed by atoms with Gasteiger partial charge in [0.25, 0.3) is 0 Å². The number of carbonyl (C=O) groups excluding carboxylic acids is 1. The molecule has 0 radical (unpaired) electrons. The molecule has 0 atom stereocenters. The van der Waals surface area contributed by atoms with Gasteiger partial charge in [0.15, 0.2) is 0 Å². The minimum Gasteiger partial charge on any atom is -0.396 e. The molecule has 0 saturated heterocycles. The normalized spacial score (nSPS) is 10.2. The summed E-state index contributed by atoms with van der Waals surface area (Å²) in [5.74, 6) is 0. The lowest BCUT2D eigenvalue weighted by Crippen LogP contribution is -2.28. The fraction of sp³-hybridized carbons (Fsp3) is 0.235. The Kier molecular flexibility index (Phi) is 5.35. The zero-order valence-electron chi connectivity index (χ0n) is 12.1. The molecule has 2 aromatic carbocycles. The van der Waals surface area contributed by atoms with E-state index >= 15 is 0 Å². The SMILES string of the molecule is Cc1ccc(CNC(=O)Nc2ccccc2CCO)cc1. The number of hydrogen-bond acceptors (Lipinski definition) is 2. The molecule has 2 rings (SSSR count). The van der Waals surface area contributed by atoms with Crippen molar-refractivity contribution in [1.29, 1.82) is 0 Å². The van der Waals surface area contributed by atoms with Crippen LogP contribution in [0.5, 0.6) is 0 Å². The molecule has 0 unspecified atom stereocenters. The van der Waals surface area contributed by atoms with Gasteiger partial charge in [-0.3, -0.25) is 0 Å². The van der Waals surface area contributed by atoms with Crippen molar-refractivity contribution >= 4 is 11.7 Å². The monoisotopic (exact) mass is 284 g/mol. The van der Waals surface area contributed by atoms with Crippen molar-refractivity contribution in [3.8, 4) is 0 Å². The van der Waals surface area contributed by atoms with Gasteiger partial charge in [0, 0.05) is 18.8 Å². The highest BCUT2D eigenvalue weighted by molar-refractivity contribution is 5.90. The van der Waals surface area contributed by atoms with Crippen LogP contribution in [-0.2, 0) is 13.0 Å². The van der Waals surface area contributed by atoms with Gasteiger partial charge >= 0.3 is 6.03 Å². The van der Waals surface area contributed by atoms with Gasteiger partial charge < -0.3 is 15.7 Å². The van der Waals surface area contributed by atoms with Gasteiger partial charge in [-0.25, -0.2) is 4.79 Å². The average Bonchev–Trinajstić information content (AvgIpc) is 2.49. The van der Waals surface area contributed by atoms with E-state index in [1.807, 2.05) is 55.5 Å². The number of hydrogen-bond donors (Lipinski definition) is 3. The smallest absolute Gasteiger partial charge is 0.319 e. The molecule has 21 heavy (non-hydrogen) atoms. The maximum absolute atomic E-state index is 11.9. The molecule has 0 aromatic heterocycles. The maximum Gasteiger partial charge on any atom is 0.319 e. The van der Waals surface area contributed by atoms with Crippen LogP contribution < -0.4 is 10.6 Å². The van der Waals surface area contributed by atoms with Crippen LogP contribution in [0.25, 0.3) is 0 Å². The second kappa shape index (κ2) is 7.45. The minimum atomic E-state index is -0.249. The second-order valence-electron chi connectivity index (χ2n) is 4.92. The van der Waals surface area contributed by atoms with Crippen LogP contribution in [0.4, 0.5) is 10.5 Å². The molecule has 0 fully saturated rings. The number of benzene rings is 2. The third kappa shape index (κ3) is 4.61. The Balaban J connectivity index is 1.91. The zero-order valence-corrected chi connectivity index (χ0v) is 12.1. The molecule has 110 valence electrons. The Labute approximate surface area is 124 Å². The molecule has 0 spiro atoms. The summed E-state index contributed by atoms with van der Waals surface area (Å²) < 4.78 is 0. The molecule has 0 aliphatic rings. The van der Waals surface area contributed by atoms with Gasteiger partial charge in [-0.05, 0) is 30.5 Å². The zero-order chi connectivity index (χ0) is 15.1. The summed E-state index contributed by atoms with van der Waals surface area (Å²) in [6, 6.07) is 15.3. The standard InChI is InChI=1S/C17H20N2O2/c1-13-6-8-14(9-7-13)12-18-17(21)19-16-5-3-2-4-15(16)10-11-20/h2-9,20H,10-12H2,1H3,(H2,18,19,21). The number of nitrogens with one attached hydrogen (secondary N) is 2. The van der Waals surface area contributed by atoms with Crippen LogP contribution >= 0.6 is 0 Å². The van der Waals surface area contributed by atoms with E-state index in [-0.39, 0.29) is 12.6 Å². The molecule has 0 saturated carbocycles. The van der Waals surface area contributed by atoms with Crippen LogP contribution in [0.1, 0.15) is 16.7 Å². The summed E-state index contributed by atoms with van der Waals surface area (Å²) in [5, 5.41) is 14.7. The van der Waals surface area contributed by atoms with Crippen LogP contribution in [-0.4, -0.2) is 17.7 Å². The molecule has 2 amide bonds. The highest BCUT2D eigenvalue weighted by atomic mass is 16.3. The molecule has 0 bridgehead atoms. The first-order valence-electron chi connectivity index (χ1n) is 6.98. The average molecular weight is 284 g/mol. The van der Waals surface area contributed by atoms with Gasteiger partial charge in [-0.1, -0.05) is 48.0 Å². The Hall–Kier alpha value is -2.33. The fourth-order valence-corrected chi connectivity index (χ4v) is 2.04. The second-order valence-corrected chi connectivity index (χ2v) is 4.92. The first-order chi connectivity index (χ1) is 10.2. The Morgan fingerprint density at radius 1 is 1.10 bits per heavy atom. The number of para-hydroxylation sites is 1. The topological polar surface area (TPSA) is 61.4 Å². The lowest BCUT2D eigenvalue weighted by molar-refractivity contribution is 0.251. The number of aryl methyl sites for hydroxylation is 1. The van der Waals surface area contributed by atoms with Crippen LogP contribution in [0, 0.1) is 6.92 Å². The predicted octanol–water partition coefficient (Wildman–Crippen LogP) is 2.85. The summed E-state index contributed by atoms with van der Waals surface area (Å²) >= 11 is 0. The number of amides is 2. The molecule has 0 heterocycles. The van der Waals surface area contributed by atoms with Crippen LogP contribution in [0.2, 0.25) is 0 Å². The first kappa shape index (κ1) is 15.1. The molecule has 0 aliphatic carbocycles. The number of urea groups is 1. The molecular weight excluding hydrogens is 264 g/mol. The number of carbonyl (C=O) groups is 1. The van der Waals surface area contributed by atoms with Crippen molar-refractivity contribution < 1.29 is 9.90 Å². The quantitative estimate of drug-likeness (QED) is 0.790. The van der Waals surface area contributed by atoms with Crippen LogP contribution in [0.3, 0.4) is 0 Å². The van der Waals surface area contributed by atoms with Gasteiger partial charge in [-0.15, -0.1) is 0 Å². The Morgan fingerprint density at radius 2 is 1.81 bits per heavy atom. The van der Waals surface area contributed by atoms with Gasteiger partial charge in [0.1, 0.15) is 0 Å². The summed E-state index contributed by atoms with van der Waals surface area (Å²) in [6.07, 6.45) is 0.522. The summed E-state index contributed by atoms with van der Waals surface area (Å²) in [7, 11) is 0. The number of anilines is 1. The Morgan fingerprint density at radius 3 is 2.52 bits per heavy atom. The highest BCUT2D eigenvalue weighted by Gasteiger charge is 2.05. The number of rotatable bonds is 5. The van der Waals surface area contributed by atoms with E-state index in [0.29, 0.717) is 13.0 Å². The number of aliphatic hydroxyl groups is 1. The van der Waals surface area contributed by atoms with Crippen molar-refractivity contribution in [1.82, 2.24) is 5.32 Å². The predicted molar refractivity (Wildman–Crippen MR) is 84.3 cm³/mol. The van der Waals surface area contributed by atoms with E-state index in [0.717, 1.165) is 16.8 Å². The molecule has 4 heteroatoms. The van der Waals surface area contributed by atoms with Crippen molar-refractivity contribution in [3.63, 3.8) is 0 Å². The largest absolute Gasteiger partial charge is 0.396 e. The third-order valence-corrected chi connectivity index (χ3v) is 3.22. The van der Waals surface area contributed by atoms with Crippen molar-refractivity contribution in [3.05, 3.63) is 65.2 Å². The highest BCUT2D eigenvalue weighted by Crippen LogP contribution is 2.15. The molecule has 4 nitrogen and oxygen atoms in total. The van der Waals surface area contributed by atoms with Crippen LogP contribution in [0.15, 0.2) is 48.5 Å². The van der Waals surface area contributed by atoms with E-state index in [1.54, 1.807) is 0 Å². The molecule has 2 aromatic rings. The summed E-state index contributed by atoms with van der Waals surface area (Å²) in [4.78, 5) is 11.9. The minimum absolute atomic E-state index is 0.0592. The van der Waals surface area contributed by atoms with Crippen molar-refractivity contribution in [2.75, 3.05) is 11.9 Å². The van der Waals surface area contributed by atoms with E-state index in [1.165, 1.54) is 5.56 Å².